The molecule has 1 aromatic rings. The third-order valence-corrected chi connectivity index (χ3v) is 2.61. The van der Waals surface area contributed by atoms with Crippen molar-refractivity contribution in [3.8, 4) is 5.75 Å². The van der Waals surface area contributed by atoms with E-state index in [9.17, 15) is 9.90 Å². The van der Waals surface area contributed by atoms with Gasteiger partial charge in [-0.3, -0.25) is 4.79 Å². The van der Waals surface area contributed by atoms with E-state index in [0.29, 0.717) is 6.42 Å². The number of hydrogen-bond acceptors (Lipinski definition) is 2. The van der Waals surface area contributed by atoms with E-state index in [1.807, 2.05) is 27.7 Å². The molecule has 0 fully saturated rings. The second kappa shape index (κ2) is 4.47. The van der Waals surface area contributed by atoms with Crippen molar-refractivity contribution < 1.29 is 9.90 Å². The van der Waals surface area contributed by atoms with Crippen molar-refractivity contribution >= 4 is 5.78 Å². The van der Waals surface area contributed by atoms with Crippen molar-refractivity contribution in [3.63, 3.8) is 0 Å². The molecule has 2 heteroatoms. The van der Waals surface area contributed by atoms with E-state index in [-0.39, 0.29) is 17.5 Å². The van der Waals surface area contributed by atoms with Crippen molar-refractivity contribution in [2.75, 3.05) is 0 Å². The zero-order chi connectivity index (χ0) is 11.6. The third kappa shape index (κ3) is 2.38. The summed E-state index contributed by atoms with van der Waals surface area (Å²) in [6.07, 6.45) is 0.504. The molecule has 0 aliphatic rings. The Morgan fingerprint density at radius 3 is 2.47 bits per heavy atom. The summed E-state index contributed by atoms with van der Waals surface area (Å²) < 4.78 is 0. The van der Waals surface area contributed by atoms with Crippen molar-refractivity contribution in [3.05, 3.63) is 28.8 Å². The molecule has 0 aliphatic carbocycles. The number of aryl methyl sites for hydroxylation is 1. The number of rotatable bonds is 3. The number of aromatic hydroxyl groups is 1. The Morgan fingerprint density at radius 1 is 1.40 bits per heavy atom. The van der Waals surface area contributed by atoms with Gasteiger partial charge in [-0.2, -0.15) is 0 Å². The molecule has 82 valence electrons. The second-order valence-corrected chi connectivity index (χ2v) is 4.16. The van der Waals surface area contributed by atoms with Crippen LogP contribution in [-0.2, 0) is 0 Å². The zero-order valence-corrected chi connectivity index (χ0v) is 9.79. The van der Waals surface area contributed by atoms with Gasteiger partial charge >= 0.3 is 0 Å². The molecule has 1 aromatic carbocycles. The normalized spacial score (nSPS) is 10.7. The average molecular weight is 206 g/mol. The fourth-order valence-electron chi connectivity index (χ4n) is 1.62. The Labute approximate surface area is 90.9 Å². The molecule has 0 radical (unpaired) electrons. The first-order valence-corrected chi connectivity index (χ1v) is 5.34. The average Bonchev–Trinajstić information content (AvgIpc) is 2.20. The summed E-state index contributed by atoms with van der Waals surface area (Å²) in [6, 6.07) is 3.50. The van der Waals surface area contributed by atoms with Gasteiger partial charge in [0, 0.05) is 12.0 Å². The van der Waals surface area contributed by atoms with Gasteiger partial charge in [0.1, 0.15) is 5.75 Å². The van der Waals surface area contributed by atoms with Gasteiger partial charge in [-0.05, 0) is 36.1 Å². The minimum Gasteiger partial charge on any atom is -0.508 e. The number of hydrogen-bond donors (Lipinski definition) is 1. The minimum atomic E-state index is 0.141. The fraction of sp³-hybridized carbons (Fsp3) is 0.462. The van der Waals surface area contributed by atoms with E-state index in [4.69, 9.17) is 0 Å². The van der Waals surface area contributed by atoms with Crippen molar-refractivity contribution in [1.29, 1.82) is 0 Å². The van der Waals surface area contributed by atoms with Gasteiger partial charge < -0.3 is 5.11 Å². The van der Waals surface area contributed by atoms with E-state index in [1.165, 1.54) is 0 Å². The Bertz CT molecular complexity index is 378. The van der Waals surface area contributed by atoms with Crippen LogP contribution in [0.1, 0.15) is 54.6 Å². The van der Waals surface area contributed by atoms with Gasteiger partial charge in [0.25, 0.3) is 0 Å². The van der Waals surface area contributed by atoms with E-state index in [0.717, 1.165) is 16.7 Å². The molecule has 0 aromatic heterocycles. The standard InChI is InChI=1S/C13H18O2/c1-5-12(14)11-6-9(4)13(15)7-10(11)8(2)3/h6-8,15H,5H2,1-4H3. The lowest BCUT2D eigenvalue weighted by Gasteiger charge is -2.13. The Hall–Kier alpha value is -1.31. The van der Waals surface area contributed by atoms with Crippen LogP contribution in [0, 0.1) is 6.92 Å². The van der Waals surface area contributed by atoms with Crippen LogP contribution in [0.25, 0.3) is 0 Å². The second-order valence-electron chi connectivity index (χ2n) is 4.16. The quantitative estimate of drug-likeness (QED) is 0.769. The number of ketones is 1. The predicted molar refractivity (Wildman–Crippen MR) is 61.6 cm³/mol. The first kappa shape index (κ1) is 11.8. The molecular formula is C13H18O2. The van der Waals surface area contributed by atoms with Gasteiger partial charge in [0.2, 0.25) is 0 Å². The van der Waals surface area contributed by atoms with Gasteiger partial charge in [0.05, 0.1) is 0 Å². The van der Waals surface area contributed by atoms with E-state index < -0.39 is 0 Å². The largest absolute Gasteiger partial charge is 0.508 e. The van der Waals surface area contributed by atoms with Crippen LogP contribution in [0.4, 0.5) is 0 Å². The first-order valence-electron chi connectivity index (χ1n) is 5.34. The molecule has 15 heavy (non-hydrogen) atoms. The Kier molecular flexibility index (Phi) is 3.51. The maximum Gasteiger partial charge on any atom is 0.162 e. The molecule has 0 bridgehead atoms. The highest BCUT2D eigenvalue weighted by molar-refractivity contribution is 5.97. The van der Waals surface area contributed by atoms with E-state index in [1.54, 1.807) is 12.1 Å². The summed E-state index contributed by atoms with van der Waals surface area (Å²) in [5.74, 6) is 0.662. The molecule has 0 saturated carbocycles. The maximum atomic E-state index is 11.7. The van der Waals surface area contributed by atoms with Crippen molar-refractivity contribution in [1.82, 2.24) is 0 Å². The van der Waals surface area contributed by atoms with Crippen LogP contribution in [0.15, 0.2) is 12.1 Å². The number of carbonyl (C=O) groups excluding carboxylic acids is 1. The lowest BCUT2D eigenvalue weighted by molar-refractivity contribution is 0.0987. The zero-order valence-electron chi connectivity index (χ0n) is 9.79. The van der Waals surface area contributed by atoms with Gasteiger partial charge in [-0.25, -0.2) is 0 Å². The van der Waals surface area contributed by atoms with Crippen LogP contribution >= 0.6 is 0 Å². The lowest BCUT2D eigenvalue weighted by atomic mass is 9.92. The maximum absolute atomic E-state index is 11.7. The third-order valence-electron chi connectivity index (χ3n) is 2.61. The van der Waals surface area contributed by atoms with E-state index >= 15 is 0 Å². The van der Waals surface area contributed by atoms with Crippen LogP contribution in [0.3, 0.4) is 0 Å². The molecule has 0 unspecified atom stereocenters. The molecule has 0 spiro atoms. The molecule has 0 aliphatic heterocycles. The molecule has 0 heterocycles. The fourth-order valence-corrected chi connectivity index (χ4v) is 1.62. The number of benzene rings is 1. The number of phenolic OH excluding ortho intramolecular Hbond substituents is 1. The van der Waals surface area contributed by atoms with Gasteiger partial charge in [-0.15, -0.1) is 0 Å². The summed E-state index contributed by atoms with van der Waals surface area (Å²) in [5, 5.41) is 9.62. The predicted octanol–water partition coefficient (Wildman–Crippen LogP) is 3.42. The summed E-state index contributed by atoms with van der Waals surface area (Å²) in [7, 11) is 0. The van der Waals surface area contributed by atoms with Crippen LogP contribution in [0.5, 0.6) is 5.75 Å². The van der Waals surface area contributed by atoms with Crippen molar-refractivity contribution in [2.45, 2.75) is 40.0 Å². The smallest absolute Gasteiger partial charge is 0.162 e. The molecule has 2 nitrogen and oxygen atoms in total. The topological polar surface area (TPSA) is 37.3 Å². The molecule has 1 rings (SSSR count). The summed E-state index contributed by atoms with van der Waals surface area (Å²) in [4.78, 5) is 11.7. The monoisotopic (exact) mass is 206 g/mol. The molecule has 0 saturated heterocycles. The SMILES string of the molecule is CCC(=O)c1cc(C)c(O)cc1C(C)C. The number of carbonyl (C=O) groups is 1. The molecule has 1 N–H and O–H groups in total. The molecular weight excluding hydrogens is 188 g/mol. The Morgan fingerprint density at radius 2 is 2.00 bits per heavy atom. The molecule has 0 atom stereocenters. The Balaban J connectivity index is 3.34. The van der Waals surface area contributed by atoms with E-state index in [2.05, 4.69) is 0 Å². The van der Waals surface area contributed by atoms with Crippen LogP contribution in [-0.4, -0.2) is 10.9 Å². The number of Topliss-reactive ketones (excluding diaryl/α,β-unsaturated/α-hetero) is 1. The van der Waals surface area contributed by atoms with Crippen LogP contribution < -0.4 is 0 Å². The highest BCUT2D eigenvalue weighted by Crippen LogP contribution is 2.28. The van der Waals surface area contributed by atoms with Crippen molar-refractivity contribution in [2.24, 2.45) is 0 Å². The first-order chi connectivity index (χ1) is 6.97. The summed E-state index contributed by atoms with van der Waals surface area (Å²) in [6.45, 7) is 7.72. The number of phenols is 1. The highest BCUT2D eigenvalue weighted by Gasteiger charge is 2.14. The van der Waals surface area contributed by atoms with Crippen LogP contribution in [0.2, 0.25) is 0 Å². The summed E-state index contributed by atoms with van der Waals surface area (Å²) in [5.41, 5.74) is 2.45. The lowest BCUT2D eigenvalue weighted by Crippen LogP contribution is -2.04. The highest BCUT2D eigenvalue weighted by atomic mass is 16.3. The summed E-state index contributed by atoms with van der Waals surface area (Å²) >= 11 is 0. The minimum absolute atomic E-state index is 0.141. The molecule has 0 amide bonds. The van der Waals surface area contributed by atoms with Gasteiger partial charge in [-0.1, -0.05) is 20.8 Å². The van der Waals surface area contributed by atoms with Gasteiger partial charge in [0.15, 0.2) is 5.78 Å².